The average Bonchev–Trinajstić information content (AvgIpc) is 1.77. The number of likely N-dealkylation sites (tertiary alicyclic amines) is 1. The van der Waals surface area contributed by atoms with Crippen LogP contribution in [0.3, 0.4) is 0 Å². The maximum Gasteiger partial charge on any atom is 0.417 e. The average molecular weight is 1500 g/mol. The first-order chi connectivity index (χ1) is 49.3. The number of likely N-dealkylation sites (N-methyl/N-ethyl adjacent to an activating group) is 7. The van der Waals surface area contributed by atoms with Crippen molar-refractivity contribution in [2.75, 3.05) is 95.1 Å². The number of benzene rings is 1. The summed E-state index contributed by atoms with van der Waals surface area (Å²) in [5.74, 6) is -9.41. The number of alkyl halides is 3. The zero-order valence-corrected chi connectivity index (χ0v) is 65.0. The number of nitrogens with one attached hydrogen (secondary N) is 3. The topological polar surface area (TPSA) is 290 Å². The lowest BCUT2D eigenvalue weighted by Crippen LogP contribution is -2.64. The fraction of sp³-hybridized carbons (Fsp3) is 0.737. The summed E-state index contributed by atoms with van der Waals surface area (Å²) >= 11 is 6.18. The summed E-state index contributed by atoms with van der Waals surface area (Å²) < 4.78 is 41.9. The number of aryl methyl sites for hydroxylation is 1. The van der Waals surface area contributed by atoms with Crippen LogP contribution in [0.2, 0.25) is 5.02 Å². The van der Waals surface area contributed by atoms with Crippen molar-refractivity contribution in [1.82, 2.24) is 60.0 Å². The van der Waals surface area contributed by atoms with Crippen molar-refractivity contribution in [3.8, 4) is 0 Å². The number of aliphatic hydroxyl groups is 1. The summed E-state index contributed by atoms with van der Waals surface area (Å²) in [5, 5.41) is 18.8. The van der Waals surface area contributed by atoms with E-state index in [1.54, 1.807) is 11.8 Å². The number of carbonyl (C=O) groups excluding carboxylic acids is 12. The predicted molar refractivity (Wildman–Crippen MR) is 391 cm³/mol. The number of hydrogen-bond acceptors (Lipinski definition) is 13. The third-order valence-corrected chi connectivity index (χ3v) is 22.3. The van der Waals surface area contributed by atoms with Gasteiger partial charge in [-0.3, -0.25) is 57.5 Å². The van der Waals surface area contributed by atoms with E-state index in [1.165, 1.54) is 101 Å². The van der Waals surface area contributed by atoms with Crippen LogP contribution in [0.1, 0.15) is 194 Å². The second-order valence-corrected chi connectivity index (χ2v) is 31.7. The molecule has 3 aliphatic carbocycles. The van der Waals surface area contributed by atoms with Gasteiger partial charge in [-0.1, -0.05) is 128 Å². The van der Waals surface area contributed by atoms with E-state index in [9.17, 15) is 47.0 Å². The molecule has 5 aliphatic rings. The molecule has 25 nitrogen and oxygen atoms in total. The zero-order chi connectivity index (χ0) is 78.0. The summed E-state index contributed by atoms with van der Waals surface area (Å²) in [6.45, 7) is 8.10. The molecular formula is C76H118ClF3N12O13. The molecule has 6 rings (SSSR count). The molecule has 588 valence electrons. The fourth-order valence-electron chi connectivity index (χ4n) is 15.4. The summed E-state index contributed by atoms with van der Waals surface area (Å²) in [4.78, 5) is 191. The molecule has 0 unspecified atom stereocenters. The Morgan fingerprint density at radius 2 is 1.24 bits per heavy atom. The van der Waals surface area contributed by atoms with Gasteiger partial charge >= 0.3 is 6.18 Å². The van der Waals surface area contributed by atoms with Crippen molar-refractivity contribution in [3.63, 3.8) is 0 Å². The molecule has 7 atom stereocenters. The highest BCUT2D eigenvalue weighted by molar-refractivity contribution is 6.31. The molecule has 3 saturated carbocycles. The maximum absolute atomic E-state index is 15.9. The quantitative estimate of drug-likeness (QED) is 0.143. The van der Waals surface area contributed by atoms with E-state index in [1.807, 2.05) is 20.8 Å². The summed E-state index contributed by atoms with van der Waals surface area (Å²) in [7, 11) is 9.89. The molecule has 1 aromatic rings. The van der Waals surface area contributed by atoms with Crippen LogP contribution >= 0.6 is 11.6 Å². The monoisotopic (exact) mass is 1500 g/mol. The van der Waals surface area contributed by atoms with Crippen molar-refractivity contribution in [3.05, 3.63) is 46.5 Å². The van der Waals surface area contributed by atoms with Gasteiger partial charge in [-0.2, -0.15) is 13.2 Å². The Kier molecular flexibility index (Phi) is 32.1. The smallest absolute Gasteiger partial charge is 0.386 e. The van der Waals surface area contributed by atoms with Crippen LogP contribution < -0.4 is 16.0 Å². The number of carbonyl (C=O) groups is 12. The third kappa shape index (κ3) is 24.1. The van der Waals surface area contributed by atoms with Crippen molar-refractivity contribution >= 4 is 82.5 Å². The third-order valence-electron chi connectivity index (χ3n) is 22.0. The van der Waals surface area contributed by atoms with Crippen LogP contribution in [0.25, 0.3) is 0 Å². The molecule has 2 aliphatic heterocycles. The number of amides is 12. The van der Waals surface area contributed by atoms with E-state index >= 15 is 28.8 Å². The highest BCUT2D eigenvalue weighted by atomic mass is 35.5. The molecule has 2 saturated heterocycles. The molecule has 0 aromatic heterocycles. The van der Waals surface area contributed by atoms with Crippen LogP contribution in [0.5, 0.6) is 0 Å². The van der Waals surface area contributed by atoms with Crippen LogP contribution in [-0.4, -0.2) is 263 Å². The predicted octanol–water partition coefficient (Wildman–Crippen LogP) is 6.59. The van der Waals surface area contributed by atoms with Crippen LogP contribution in [0, 0.1) is 23.7 Å². The van der Waals surface area contributed by atoms with E-state index < -0.39 is 179 Å². The van der Waals surface area contributed by atoms with Gasteiger partial charge in [0.15, 0.2) is 0 Å². The minimum absolute atomic E-state index is 0.00974. The molecule has 0 radical (unpaired) electrons. The maximum atomic E-state index is 15.9. The molecule has 0 bridgehead atoms. The van der Waals surface area contributed by atoms with Gasteiger partial charge < -0.3 is 65.2 Å². The Labute approximate surface area is 623 Å². The molecule has 4 N–H and O–H groups in total. The molecule has 5 fully saturated rings. The minimum atomic E-state index is -4.79. The Balaban J connectivity index is 1.48. The molecule has 2 heterocycles. The molecule has 105 heavy (non-hydrogen) atoms. The number of halogens is 4. The number of rotatable bonds is 14. The number of hydrogen-bond donors (Lipinski definition) is 4. The lowest BCUT2D eigenvalue weighted by atomic mass is 9.81. The van der Waals surface area contributed by atoms with E-state index in [-0.39, 0.29) is 62.5 Å². The SMILES string of the molecule is CC[C@H](C)[C@@H]1NC(=O)[C@H](CC(C)C)N(C)C(=O)C[C@@H](C(=O)N2CCCCC2)N(C)C(=O)[C@H](C2CCCCC2)N(C)C(=O)C2(CCCC2)NC(=O)CN(C/C=C/C(C)(C)O)C(=O)[C@H](CCc2ccc(C(F)(F)F)c(Cl)c2)NC(=O)CN(C)C(=O)[C@H](CC2CCCCC2)N(C)C(=O)CN(C)C(=O)CN(C)C1=O. The Morgan fingerprint density at radius 1 is 0.657 bits per heavy atom. The molecule has 1 spiro atoms. The first-order valence-corrected chi connectivity index (χ1v) is 38.2. The summed E-state index contributed by atoms with van der Waals surface area (Å²) in [5.41, 5.74) is -3.94. The van der Waals surface area contributed by atoms with Gasteiger partial charge in [0.2, 0.25) is 70.9 Å². The first kappa shape index (κ1) is 86.6. The van der Waals surface area contributed by atoms with Crippen LogP contribution in [0.15, 0.2) is 30.4 Å². The van der Waals surface area contributed by atoms with Crippen LogP contribution in [-0.2, 0) is 70.1 Å². The van der Waals surface area contributed by atoms with Gasteiger partial charge in [0.05, 0.1) is 48.8 Å². The highest BCUT2D eigenvalue weighted by Gasteiger charge is 2.50. The molecular weight excluding hydrogens is 1380 g/mol. The molecule has 1 aromatic carbocycles. The Morgan fingerprint density at radius 3 is 1.82 bits per heavy atom. The fourth-order valence-corrected chi connectivity index (χ4v) is 15.7. The van der Waals surface area contributed by atoms with Crippen molar-refractivity contribution in [2.24, 2.45) is 23.7 Å². The van der Waals surface area contributed by atoms with Crippen molar-refractivity contribution in [2.45, 2.75) is 243 Å². The summed E-state index contributed by atoms with van der Waals surface area (Å²) in [6, 6.07) is -4.72. The van der Waals surface area contributed by atoms with E-state index in [0.717, 1.165) is 89.5 Å². The van der Waals surface area contributed by atoms with Crippen LogP contribution in [0.4, 0.5) is 13.2 Å². The Bertz CT molecular complexity index is 3250. The standard InChI is InChI=1S/C76H118ClF3N12O13/c1-14-50(4)65-71(102)86(9)47-63(96)84(7)48-64(97)88(11)58(43-51-27-18-15-19-28-51)69(100)85(8)45-60(93)81-56(34-32-52-31-33-54(55(77)42-52)76(78,79)80)68(99)92(40-26-35-74(5,6)105)46-61(94)83-75(36-22-23-37-75)73(104)90(13)66(53-29-20-16-21-30-53)72(103)89(12)59(70(101)91-38-24-17-25-39-91)44-62(95)87(10)57(41-49(2)3)67(98)82-65/h26,31,33,35,42,49-51,53,56-59,65-66,105H,14-25,27-30,32,34,36-41,43-48H2,1-13H3,(H,81,93)(H,82,98)(H,83,94)/b35-26+/t50-,56-,57-,58-,59-,65-,66-/m0/s1. The van der Waals surface area contributed by atoms with Crippen molar-refractivity contribution < 1.29 is 75.8 Å². The first-order valence-electron chi connectivity index (χ1n) is 37.8. The minimum Gasteiger partial charge on any atom is -0.386 e. The van der Waals surface area contributed by atoms with E-state index in [4.69, 9.17) is 11.6 Å². The van der Waals surface area contributed by atoms with Gasteiger partial charge in [-0.15, -0.1) is 0 Å². The van der Waals surface area contributed by atoms with E-state index in [0.29, 0.717) is 58.0 Å². The Hall–Kier alpha value is -7.36. The van der Waals surface area contributed by atoms with Gasteiger partial charge in [-0.25, -0.2) is 0 Å². The largest absolute Gasteiger partial charge is 0.417 e. The normalized spacial score (nSPS) is 25.2. The second-order valence-electron chi connectivity index (χ2n) is 31.3. The lowest BCUT2D eigenvalue weighted by molar-refractivity contribution is -0.157. The molecule has 29 heteroatoms. The van der Waals surface area contributed by atoms with Crippen molar-refractivity contribution in [1.29, 1.82) is 0 Å². The van der Waals surface area contributed by atoms with E-state index in [2.05, 4.69) is 16.0 Å². The lowest BCUT2D eigenvalue weighted by Gasteiger charge is -2.43. The molecule has 12 amide bonds. The number of nitrogens with zero attached hydrogens (tertiary/aromatic N) is 9. The summed E-state index contributed by atoms with van der Waals surface area (Å²) in [6.07, 6.45) is 8.64. The van der Waals surface area contributed by atoms with Gasteiger partial charge in [0, 0.05) is 69.0 Å². The van der Waals surface area contributed by atoms with Gasteiger partial charge in [0.1, 0.15) is 41.8 Å². The zero-order valence-electron chi connectivity index (χ0n) is 64.3. The highest BCUT2D eigenvalue weighted by Crippen LogP contribution is 2.38. The van der Waals surface area contributed by atoms with Gasteiger partial charge in [0.25, 0.3) is 0 Å². The second kappa shape index (κ2) is 39.0. The van der Waals surface area contributed by atoms with Gasteiger partial charge in [-0.05, 0) is 126 Å². The number of piperidine rings is 1.